The third-order valence-corrected chi connectivity index (χ3v) is 5.24. The van der Waals surface area contributed by atoms with Crippen LogP contribution in [0.15, 0.2) is 58.5 Å². The Morgan fingerprint density at radius 1 is 1.15 bits per heavy atom. The van der Waals surface area contributed by atoms with Crippen molar-refractivity contribution in [3.05, 3.63) is 63.9 Å². The molecule has 0 bridgehead atoms. The molecule has 2 aromatic carbocycles. The SMILES string of the molecule is Cn1c(=O)c2ccccc2n2c(SCC(=O)Nc3ccc(Cl)cc3)nnc12. The number of halogens is 1. The second kappa shape index (κ2) is 7.05. The minimum Gasteiger partial charge on any atom is -0.325 e. The van der Waals surface area contributed by atoms with E-state index in [1.165, 1.54) is 16.3 Å². The summed E-state index contributed by atoms with van der Waals surface area (Å²) < 4.78 is 3.24. The van der Waals surface area contributed by atoms with Gasteiger partial charge < -0.3 is 5.32 Å². The fraction of sp³-hybridized carbons (Fsp3) is 0.111. The van der Waals surface area contributed by atoms with E-state index in [1.807, 2.05) is 18.2 Å². The van der Waals surface area contributed by atoms with E-state index >= 15 is 0 Å². The molecular weight excluding hydrogens is 386 g/mol. The lowest BCUT2D eigenvalue weighted by molar-refractivity contribution is -0.113. The highest BCUT2D eigenvalue weighted by molar-refractivity contribution is 7.99. The third kappa shape index (κ3) is 3.29. The number of para-hydroxylation sites is 1. The number of carbonyl (C=O) groups is 1. The highest BCUT2D eigenvalue weighted by Gasteiger charge is 2.15. The molecular formula is C18H14ClN5O2S. The fourth-order valence-corrected chi connectivity index (χ4v) is 3.63. The van der Waals surface area contributed by atoms with E-state index in [0.717, 1.165) is 0 Å². The summed E-state index contributed by atoms with van der Waals surface area (Å²) in [6.45, 7) is 0. The highest BCUT2D eigenvalue weighted by Crippen LogP contribution is 2.21. The minimum absolute atomic E-state index is 0.137. The topological polar surface area (TPSA) is 81.3 Å². The lowest BCUT2D eigenvalue weighted by Gasteiger charge is -2.08. The number of rotatable bonds is 4. The Hall–Kier alpha value is -2.84. The Morgan fingerprint density at radius 3 is 2.67 bits per heavy atom. The Morgan fingerprint density at radius 2 is 1.89 bits per heavy atom. The first kappa shape index (κ1) is 17.6. The van der Waals surface area contributed by atoms with E-state index < -0.39 is 0 Å². The van der Waals surface area contributed by atoms with E-state index in [9.17, 15) is 9.59 Å². The van der Waals surface area contributed by atoms with Gasteiger partial charge in [-0.2, -0.15) is 0 Å². The lowest BCUT2D eigenvalue weighted by atomic mass is 10.2. The normalized spacial score (nSPS) is 11.2. The predicted octanol–water partition coefficient (Wildman–Crippen LogP) is 2.97. The lowest BCUT2D eigenvalue weighted by Crippen LogP contribution is -2.20. The van der Waals surface area contributed by atoms with Crippen molar-refractivity contribution < 1.29 is 4.79 Å². The van der Waals surface area contributed by atoms with Crippen LogP contribution in [0.25, 0.3) is 16.7 Å². The number of amides is 1. The number of aromatic nitrogens is 4. The predicted molar refractivity (Wildman–Crippen MR) is 107 cm³/mol. The summed E-state index contributed by atoms with van der Waals surface area (Å²) in [5, 5.41) is 12.8. The van der Waals surface area contributed by atoms with Crippen molar-refractivity contribution in [1.29, 1.82) is 0 Å². The molecule has 7 nitrogen and oxygen atoms in total. The molecule has 4 aromatic rings. The third-order valence-electron chi connectivity index (χ3n) is 4.06. The van der Waals surface area contributed by atoms with Crippen LogP contribution < -0.4 is 10.9 Å². The van der Waals surface area contributed by atoms with Crippen LogP contribution in [-0.4, -0.2) is 30.8 Å². The number of hydrogen-bond donors (Lipinski definition) is 1. The average Bonchev–Trinajstić information content (AvgIpc) is 3.10. The van der Waals surface area contributed by atoms with Crippen molar-refractivity contribution in [2.75, 3.05) is 11.1 Å². The summed E-state index contributed by atoms with van der Waals surface area (Å²) in [5.74, 6) is 0.410. The number of benzene rings is 2. The monoisotopic (exact) mass is 399 g/mol. The number of carbonyl (C=O) groups excluding carboxylic acids is 1. The van der Waals surface area contributed by atoms with Crippen LogP contribution in [0.4, 0.5) is 5.69 Å². The second-order valence-electron chi connectivity index (χ2n) is 5.84. The van der Waals surface area contributed by atoms with Gasteiger partial charge in [-0.05, 0) is 36.4 Å². The molecule has 0 aliphatic rings. The van der Waals surface area contributed by atoms with Gasteiger partial charge in [0.15, 0.2) is 5.16 Å². The molecule has 0 unspecified atom stereocenters. The molecule has 4 rings (SSSR count). The largest absolute Gasteiger partial charge is 0.325 e. The van der Waals surface area contributed by atoms with Gasteiger partial charge in [0.2, 0.25) is 11.7 Å². The van der Waals surface area contributed by atoms with Crippen molar-refractivity contribution in [3.8, 4) is 0 Å². The van der Waals surface area contributed by atoms with Gasteiger partial charge in [-0.1, -0.05) is 35.5 Å². The van der Waals surface area contributed by atoms with Crippen molar-refractivity contribution in [2.45, 2.75) is 5.16 Å². The number of aryl methyl sites for hydroxylation is 1. The number of hydrogen-bond acceptors (Lipinski definition) is 5. The zero-order valence-corrected chi connectivity index (χ0v) is 15.8. The van der Waals surface area contributed by atoms with Gasteiger partial charge in [-0.15, -0.1) is 10.2 Å². The molecule has 0 fully saturated rings. The van der Waals surface area contributed by atoms with Crippen LogP contribution in [0.3, 0.4) is 0 Å². The standard InChI is InChI=1S/C18H14ClN5O2S/c1-23-16(26)13-4-2-3-5-14(13)24-17(23)21-22-18(24)27-10-15(25)20-12-8-6-11(19)7-9-12/h2-9H,10H2,1H3,(H,20,25). The molecule has 1 amide bonds. The maximum absolute atomic E-state index is 12.4. The van der Waals surface area contributed by atoms with Gasteiger partial charge in [0.25, 0.3) is 5.56 Å². The first-order valence-electron chi connectivity index (χ1n) is 8.05. The molecule has 0 aliphatic carbocycles. The fourth-order valence-electron chi connectivity index (χ4n) is 2.77. The minimum atomic E-state index is -0.173. The zero-order valence-electron chi connectivity index (χ0n) is 14.2. The van der Waals surface area contributed by atoms with Gasteiger partial charge >= 0.3 is 0 Å². The van der Waals surface area contributed by atoms with Crippen LogP contribution in [0.2, 0.25) is 5.02 Å². The number of anilines is 1. The van der Waals surface area contributed by atoms with Gasteiger partial charge in [-0.3, -0.25) is 18.6 Å². The summed E-state index contributed by atoms with van der Waals surface area (Å²) in [6.07, 6.45) is 0. The van der Waals surface area contributed by atoms with Crippen molar-refractivity contribution >= 4 is 51.6 Å². The second-order valence-corrected chi connectivity index (χ2v) is 7.22. The first-order chi connectivity index (χ1) is 13.0. The summed E-state index contributed by atoms with van der Waals surface area (Å²) in [6, 6.07) is 14.2. The summed E-state index contributed by atoms with van der Waals surface area (Å²) in [5.41, 5.74) is 1.24. The van der Waals surface area contributed by atoms with Gasteiger partial charge in [-0.25, -0.2) is 0 Å². The van der Waals surface area contributed by atoms with E-state index in [-0.39, 0.29) is 17.2 Å². The molecule has 0 spiro atoms. The van der Waals surface area contributed by atoms with Crippen LogP contribution >= 0.6 is 23.4 Å². The summed E-state index contributed by atoms with van der Waals surface area (Å²) in [4.78, 5) is 24.7. The van der Waals surface area contributed by atoms with Gasteiger partial charge in [0, 0.05) is 17.8 Å². The molecule has 9 heteroatoms. The van der Waals surface area contributed by atoms with Crippen molar-refractivity contribution in [2.24, 2.45) is 7.05 Å². The Bertz CT molecular complexity index is 1220. The number of thioether (sulfide) groups is 1. The molecule has 1 N–H and O–H groups in total. The number of nitrogens with one attached hydrogen (secondary N) is 1. The van der Waals surface area contributed by atoms with Gasteiger partial charge in [0.05, 0.1) is 16.7 Å². The smallest absolute Gasteiger partial charge is 0.262 e. The quantitative estimate of drug-likeness (QED) is 0.533. The first-order valence-corrected chi connectivity index (χ1v) is 9.42. The molecule has 0 aliphatic heterocycles. The molecule has 0 radical (unpaired) electrons. The molecule has 0 atom stereocenters. The average molecular weight is 400 g/mol. The van der Waals surface area contributed by atoms with E-state index in [0.29, 0.717) is 32.5 Å². The Balaban J connectivity index is 1.62. The van der Waals surface area contributed by atoms with E-state index in [2.05, 4.69) is 15.5 Å². The molecule has 2 heterocycles. The Kier molecular flexibility index (Phi) is 4.59. The van der Waals surface area contributed by atoms with Crippen LogP contribution in [0.1, 0.15) is 0 Å². The maximum Gasteiger partial charge on any atom is 0.262 e. The Labute approximate surface area is 163 Å². The molecule has 27 heavy (non-hydrogen) atoms. The van der Waals surface area contributed by atoms with Crippen molar-refractivity contribution in [1.82, 2.24) is 19.2 Å². The molecule has 0 saturated heterocycles. The number of nitrogens with zero attached hydrogens (tertiary/aromatic N) is 4. The molecule has 136 valence electrons. The molecule has 2 aromatic heterocycles. The summed E-state index contributed by atoms with van der Waals surface area (Å²) >= 11 is 7.10. The summed E-state index contributed by atoms with van der Waals surface area (Å²) in [7, 11) is 1.65. The van der Waals surface area contributed by atoms with Crippen LogP contribution in [0.5, 0.6) is 0 Å². The van der Waals surface area contributed by atoms with E-state index in [4.69, 9.17) is 11.6 Å². The van der Waals surface area contributed by atoms with E-state index in [1.54, 1.807) is 41.8 Å². The van der Waals surface area contributed by atoms with Crippen molar-refractivity contribution in [3.63, 3.8) is 0 Å². The highest BCUT2D eigenvalue weighted by atomic mass is 35.5. The van der Waals surface area contributed by atoms with Gasteiger partial charge in [0.1, 0.15) is 0 Å². The zero-order chi connectivity index (χ0) is 19.0. The molecule has 0 saturated carbocycles. The maximum atomic E-state index is 12.4. The number of fused-ring (bicyclic) bond motifs is 3. The van der Waals surface area contributed by atoms with Crippen LogP contribution in [-0.2, 0) is 11.8 Å². The van der Waals surface area contributed by atoms with Crippen LogP contribution in [0, 0.1) is 0 Å².